The van der Waals surface area contributed by atoms with Crippen LogP contribution in [0.15, 0.2) is 78.9 Å². The number of ether oxygens (including phenoxy) is 1. The van der Waals surface area contributed by atoms with Crippen molar-refractivity contribution in [2.24, 2.45) is 11.8 Å². The fraction of sp³-hybridized carbons (Fsp3) is 0.518. The smallest absolute Gasteiger partial charge is 0.329 e. The highest BCUT2D eigenvalue weighted by atomic mass is 16.5. The van der Waals surface area contributed by atoms with Crippen molar-refractivity contribution in [2.45, 2.75) is 153 Å². The Morgan fingerprint density at radius 1 is 0.713 bits per heavy atom. The molecule has 0 aliphatic carbocycles. The number of esters is 1. The van der Waals surface area contributed by atoms with Gasteiger partial charge >= 0.3 is 5.97 Å². The van der Waals surface area contributed by atoms with E-state index in [0.717, 1.165) is 9.80 Å². The number of phenols is 2. The fourth-order valence-corrected chi connectivity index (χ4v) is 9.40. The molecular weight excluding hydrogens is 1040 g/mol. The second-order valence-corrected chi connectivity index (χ2v) is 20.7. The van der Waals surface area contributed by atoms with Crippen LogP contribution in [0.25, 0.3) is 0 Å². The van der Waals surface area contributed by atoms with Crippen LogP contribution in [0, 0.1) is 11.8 Å². The third-order valence-electron chi connectivity index (χ3n) is 14.4. The lowest BCUT2D eigenvalue weighted by atomic mass is 9.95. The number of cyclic esters (lactones) is 1. The second kappa shape index (κ2) is 29.5. The number of rotatable bonds is 19. The number of hydrogen-bond acceptors (Lipinski definition) is 16. The molecule has 2 aliphatic heterocycles. The number of benzene rings is 3. The number of nitrogens with zero attached hydrogens (tertiary/aromatic N) is 2. The van der Waals surface area contributed by atoms with Gasteiger partial charge in [0.05, 0.1) is 0 Å². The lowest BCUT2D eigenvalue weighted by molar-refractivity contribution is -0.165. The average molecular weight is 1120 g/mol. The van der Waals surface area contributed by atoms with Crippen molar-refractivity contribution in [1.29, 1.82) is 0 Å². The van der Waals surface area contributed by atoms with Gasteiger partial charge in [0.15, 0.2) is 0 Å². The molecule has 5 rings (SSSR count). The number of carbonyl (C=O) groups excluding carboxylic acids is 9. The van der Waals surface area contributed by atoms with Crippen LogP contribution in [0.1, 0.15) is 83.4 Å². The van der Waals surface area contributed by atoms with Gasteiger partial charge in [-0.2, -0.15) is 0 Å². The summed E-state index contributed by atoms with van der Waals surface area (Å²) in [6, 6.07) is 7.70. The van der Waals surface area contributed by atoms with Crippen molar-refractivity contribution in [3.63, 3.8) is 0 Å². The molecule has 2 heterocycles. The van der Waals surface area contributed by atoms with Crippen LogP contribution < -0.4 is 31.9 Å². The molecule has 12 N–H and O–H groups in total. The van der Waals surface area contributed by atoms with Gasteiger partial charge in [0, 0.05) is 39.5 Å². The molecule has 2 fully saturated rings. The average Bonchev–Trinajstić information content (AvgIpc) is 3.42. The van der Waals surface area contributed by atoms with E-state index in [1.54, 1.807) is 58.0 Å². The SMILES string of the molecule is CC[C@H](C)[C@H](NC(=O)[C@H](O)Cc1ccc(O)cc1)C(=O)N[C@@H](CCO)C(=O)N[C@@H]1C(=O)N[C@@H](CCO)C(=O)N[C@H]2CC[C@@H](O)N(C2=O)[C@@H](Cc2ccccc2)C(=O)N(C)[C@@H](Cc2ccc(O)cc2)C(=O)N[C@@H](C(C)C)C(=O)O[C@@H]1C. The first-order chi connectivity index (χ1) is 38.0. The summed E-state index contributed by atoms with van der Waals surface area (Å²) in [6.07, 6.45) is -6.28. The number of fused-ring (bicyclic) bond motifs is 2. The third-order valence-corrected chi connectivity index (χ3v) is 14.4. The number of nitrogens with one attached hydrogen (secondary N) is 6. The number of amides is 8. The second-order valence-electron chi connectivity index (χ2n) is 20.7. The van der Waals surface area contributed by atoms with E-state index in [-0.39, 0.29) is 43.6 Å². The van der Waals surface area contributed by atoms with Crippen molar-refractivity contribution in [3.8, 4) is 11.5 Å². The molecule has 24 heteroatoms. The lowest BCUT2D eigenvalue weighted by Crippen LogP contribution is -2.65. The molecule has 3 aromatic carbocycles. The molecular formula is C56H76N8O16. The fourth-order valence-electron chi connectivity index (χ4n) is 9.40. The molecule has 0 aromatic heterocycles. The number of carbonyl (C=O) groups is 9. The molecule has 0 spiro atoms. The molecule has 12 atom stereocenters. The first-order valence-corrected chi connectivity index (χ1v) is 26.8. The van der Waals surface area contributed by atoms with Gasteiger partial charge in [-0.15, -0.1) is 0 Å². The summed E-state index contributed by atoms with van der Waals surface area (Å²) in [5, 5.41) is 77.6. The summed E-state index contributed by atoms with van der Waals surface area (Å²) in [5.41, 5.74) is 1.53. The zero-order chi connectivity index (χ0) is 59.0. The molecule has 2 aliphatic rings. The number of aliphatic hydroxyl groups excluding tert-OH is 4. The zero-order valence-electron chi connectivity index (χ0n) is 45.7. The third kappa shape index (κ3) is 16.9. The Morgan fingerprint density at radius 2 is 1.31 bits per heavy atom. The van der Waals surface area contributed by atoms with Crippen LogP contribution in [-0.2, 0) is 67.2 Å². The van der Waals surface area contributed by atoms with E-state index in [4.69, 9.17) is 4.74 Å². The van der Waals surface area contributed by atoms with Gasteiger partial charge in [-0.3, -0.25) is 38.4 Å². The maximum absolute atomic E-state index is 15.1. The van der Waals surface area contributed by atoms with Crippen molar-refractivity contribution in [2.75, 3.05) is 20.3 Å². The van der Waals surface area contributed by atoms with Crippen molar-refractivity contribution < 1.29 is 78.5 Å². The van der Waals surface area contributed by atoms with Gasteiger partial charge in [-0.25, -0.2) is 4.79 Å². The Labute approximate surface area is 464 Å². The largest absolute Gasteiger partial charge is 0.508 e. The van der Waals surface area contributed by atoms with Gasteiger partial charge in [-0.05, 0) is 85.4 Å². The normalized spacial score (nSPS) is 24.1. The Hall–Kier alpha value is -7.67. The van der Waals surface area contributed by atoms with Crippen molar-refractivity contribution in [3.05, 3.63) is 95.6 Å². The van der Waals surface area contributed by atoms with E-state index in [9.17, 15) is 69.0 Å². The maximum atomic E-state index is 15.1. The van der Waals surface area contributed by atoms with E-state index < -0.39 is 158 Å². The summed E-state index contributed by atoms with van der Waals surface area (Å²) in [7, 11) is 1.32. The predicted molar refractivity (Wildman–Crippen MR) is 287 cm³/mol. The minimum absolute atomic E-state index is 0.0304. The van der Waals surface area contributed by atoms with Crippen molar-refractivity contribution in [1.82, 2.24) is 41.7 Å². The Kier molecular flexibility index (Phi) is 23.3. The van der Waals surface area contributed by atoms with Gasteiger partial charge in [0.1, 0.15) is 78.3 Å². The molecule has 0 saturated carbocycles. The first kappa shape index (κ1) is 63.2. The molecule has 80 heavy (non-hydrogen) atoms. The minimum Gasteiger partial charge on any atom is -0.508 e. The van der Waals surface area contributed by atoms with Crippen molar-refractivity contribution >= 4 is 53.2 Å². The highest BCUT2D eigenvalue weighted by molar-refractivity contribution is 5.99. The Morgan fingerprint density at radius 3 is 1.90 bits per heavy atom. The lowest BCUT2D eigenvalue weighted by Gasteiger charge is -2.43. The number of piperidine rings is 1. The predicted octanol–water partition coefficient (Wildman–Crippen LogP) is -1.06. The molecule has 8 amide bonds. The van der Waals surface area contributed by atoms with Crippen LogP contribution in [0.3, 0.4) is 0 Å². The van der Waals surface area contributed by atoms with E-state index >= 15 is 4.79 Å². The van der Waals surface area contributed by atoms with E-state index in [1.165, 1.54) is 62.5 Å². The summed E-state index contributed by atoms with van der Waals surface area (Å²) < 4.78 is 5.86. The molecule has 2 bridgehead atoms. The molecule has 0 radical (unpaired) electrons. The number of aromatic hydroxyl groups is 2. The van der Waals surface area contributed by atoms with Crippen LogP contribution >= 0.6 is 0 Å². The highest BCUT2D eigenvalue weighted by Gasteiger charge is 2.46. The minimum atomic E-state index is -1.93. The molecule has 0 unspecified atom stereocenters. The highest BCUT2D eigenvalue weighted by Crippen LogP contribution is 2.26. The summed E-state index contributed by atoms with van der Waals surface area (Å²) in [4.78, 5) is 131. The zero-order valence-corrected chi connectivity index (χ0v) is 45.7. The Balaban J connectivity index is 1.53. The molecule has 3 aromatic rings. The standard InChI is InChI=1S/C56H76N8O16/c1-7-31(4)46(61-51(74)43(69)29-35-15-19-37(68)20-16-35)52(75)57-39(24-26-66)49(72)62-47-32(5)80-56(79)45(30(2)3)60-50(73)41(27-34-13-17-36(67)18-14-34)63(6)55(78)42(28-33-11-9-8-10-12-33)64-44(70)22-21-40(54(64)77)59-48(71)38(23-25-65)58-53(47)76/h8-20,30-32,38-47,65-70H,7,21-29H2,1-6H3,(H,57,75)(H,58,76)(H,59,71)(H,60,73)(H,61,74)(H,62,72)/t31-,32+,38-,39-,40-,41-,42-,43+,44+,45-,46-,47-/m0/s1. The monoisotopic (exact) mass is 1120 g/mol. The van der Waals surface area contributed by atoms with Gasteiger partial charge in [-0.1, -0.05) is 88.7 Å². The topological polar surface area (TPSA) is 363 Å². The molecule has 436 valence electrons. The van der Waals surface area contributed by atoms with E-state index in [1.807, 2.05) is 0 Å². The van der Waals surface area contributed by atoms with Crippen LogP contribution in [0.4, 0.5) is 0 Å². The van der Waals surface area contributed by atoms with Crippen LogP contribution in [0.5, 0.6) is 11.5 Å². The van der Waals surface area contributed by atoms with Crippen LogP contribution in [-0.4, -0.2) is 181 Å². The Bertz CT molecular complexity index is 2630. The summed E-state index contributed by atoms with van der Waals surface area (Å²) in [6.45, 7) is 6.33. The quantitative estimate of drug-likeness (QED) is 0.0637. The van der Waals surface area contributed by atoms with E-state index in [2.05, 4.69) is 31.9 Å². The summed E-state index contributed by atoms with van der Waals surface area (Å²) in [5.74, 6) is -10.3. The molecule has 24 nitrogen and oxygen atoms in total. The maximum Gasteiger partial charge on any atom is 0.329 e. The first-order valence-electron chi connectivity index (χ1n) is 26.8. The number of phenolic OH excluding ortho intramolecular Hbond substituents is 2. The van der Waals surface area contributed by atoms with Crippen LogP contribution in [0.2, 0.25) is 0 Å². The summed E-state index contributed by atoms with van der Waals surface area (Å²) >= 11 is 0. The number of hydrogen-bond donors (Lipinski definition) is 12. The van der Waals surface area contributed by atoms with E-state index in [0.29, 0.717) is 23.1 Å². The number of aliphatic hydroxyl groups is 4. The number of likely N-dealkylation sites (N-methyl/N-ethyl adjacent to an activating group) is 1. The molecule has 2 saturated heterocycles. The van der Waals surface area contributed by atoms with Gasteiger partial charge in [0.2, 0.25) is 47.3 Å². The van der Waals surface area contributed by atoms with Gasteiger partial charge in [0.25, 0.3) is 0 Å². The van der Waals surface area contributed by atoms with Gasteiger partial charge < -0.3 is 77.1 Å².